The van der Waals surface area contributed by atoms with E-state index in [-0.39, 0.29) is 86.4 Å². The predicted octanol–water partition coefficient (Wildman–Crippen LogP) is 4.14. The third-order valence-corrected chi connectivity index (χ3v) is 40.3. The van der Waals surface area contributed by atoms with Crippen LogP contribution < -0.4 is 42.3 Å². The predicted molar refractivity (Wildman–Crippen MR) is 566 cm³/mol. The molecule has 41 nitrogen and oxygen atoms in total. The van der Waals surface area contributed by atoms with Crippen molar-refractivity contribution in [1.29, 1.82) is 0 Å². The minimum absolute atomic E-state index is 0.00979. The first-order valence-corrected chi connectivity index (χ1v) is 57.7. The zero-order chi connectivity index (χ0) is 109. The van der Waals surface area contributed by atoms with Gasteiger partial charge in [-0.25, -0.2) is 0 Å². The average molecular weight is 2160 g/mol. The molecule has 0 bridgehead atoms. The summed E-state index contributed by atoms with van der Waals surface area (Å²) in [5, 5.41) is 79.2. The molecule has 1 aliphatic rings. The Bertz CT molecular complexity index is 3930. The monoisotopic (exact) mass is 2160 g/mol. The van der Waals surface area contributed by atoms with Crippen LogP contribution in [0.3, 0.4) is 0 Å². The van der Waals surface area contributed by atoms with Gasteiger partial charge in [-0.05, 0) is 190 Å². The van der Waals surface area contributed by atoms with Crippen LogP contribution in [0.15, 0.2) is 0 Å². The first-order chi connectivity index (χ1) is 60.6. The van der Waals surface area contributed by atoms with Crippen LogP contribution in [0.4, 0.5) is 0 Å². The molecule has 0 saturated carbocycles. The van der Waals surface area contributed by atoms with Gasteiger partial charge in [0.05, 0.1) is 67.5 Å². The van der Waals surface area contributed by atoms with Gasteiger partial charge in [0.25, 0.3) is 60.3 Å². The van der Waals surface area contributed by atoms with Crippen molar-refractivity contribution in [3.8, 4) is 0 Å². The number of aliphatic hydroxyl groups is 6. The number of nitrogens with one attached hydrogen (secondary N) is 7. The summed E-state index contributed by atoms with van der Waals surface area (Å²) in [6, 6.07) is -1.65. The van der Waals surface area contributed by atoms with E-state index in [1.54, 1.807) is 69.5 Å². The zero-order valence-corrected chi connectivity index (χ0v) is 101. The molecule has 0 radical (unpaired) electrons. The molecule has 0 aromatic heterocycles. The molecule has 1 saturated heterocycles. The van der Waals surface area contributed by atoms with Gasteiger partial charge < -0.3 is 62.4 Å². The number of nitrogens with zero attached hydrogens (tertiary/aromatic N) is 11. The zero-order valence-electron chi connectivity index (χ0n) is 90.3. The molecule has 1 fully saturated rings. The quantitative estimate of drug-likeness (QED) is 0.0231. The number of rotatable bonds is 53. The number of hydrogen-bond acceptors (Lipinski definition) is 27. The lowest BCUT2D eigenvalue weighted by Gasteiger charge is -2.37. The Hall–Kier alpha value is -0.800. The van der Waals surface area contributed by atoms with Gasteiger partial charge in [-0.1, -0.05) is 104 Å². The van der Waals surface area contributed by atoms with Gasteiger partial charge in [0.1, 0.15) is 0 Å². The van der Waals surface area contributed by atoms with Crippen molar-refractivity contribution in [2.75, 3.05) is 137 Å². The summed E-state index contributed by atoms with van der Waals surface area (Å²) < 4.78 is 165. The van der Waals surface area contributed by atoms with Crippen molar-refractivity contribution in [2.45, 2.75) is 371 Å². The summed E-state index contributed by atoms with van der Waals surface area (Å²) in [5.41, 5.74) is 2.65. The SMILES string of the molecule is CCC(C)(C)N(C)S(=O)(=O)Cl.CCC(C)(C)N(C)S(=O)(=O)N(C)CC(O)[C@H](C)N.CCC(C)(C)N(C)S(=O)(=O)N(C)CC(O)[C@H](C)NC(=O)C(C)C.CCC(C)(C)N(C)S(=O)(=O)N(C)CC(O)[C@H](C)NC(=O)C(C)CP.CCC(C)(C)N(C)S(=O)(=O)N(C)CC(O)[C@H](C)NP.CCC(C)C(=O)N[C@@H](C)C(O)CN(C)S(=O)(=O)N(C)C(C)(C)CC.CNCC(O)[C@H](C)NP.C[C@H](NP)C1CO1. The van der Waals surface area contributed by atoms with Crippen molar-refractivity contribution in [2.24, 2.45) is 23.5 Å². The Morgan fingerprint density at radius 1 is 0.378 bits per heavy atom. The highest BCUT2D eigenvalue weighted by atomic mass is 35.7. The minimum atomic E-state index is -3.70. The lowest BCUT2D eigenvalue weighted by molar-refractivity contribution is -0.126. The van der Waals surface area contributed by atoms with E-state index in [4.69, 9.17) is 21.2 Å². The number of halogens is 1. The van der Waals surface area contributed by atoms with E-state index < -0.39 is 148 Å². The number of ether oxygens (including phenoxy) is 1. The molecular formula is C83H196ClN19O22P4S6. The van der Waals surface area contributed by atoms with Gasteiger partial charge >= 0.3 is 0 Å². The summed E-state index contributed by atoms with van der Waals surface area (Å²) in [4.78, 5) is 35.4. The first kappa shape index (κ1) is 147. The van der Waals surface area contributed by atoms with E-state index in [1.165, 1.54) is 93.6 Å². The Labute approximate surface area is 835 Å². The number of carbonyl (C=O) groups excluding carboxylic acids is 3. The van der Waals surface area contributed by atoms with Crippen LogP contribution in [-0.4, -0.2) is 401 Å². The Kier molecular flexibility index (Phi) is 72.4. The number of hydrogen-bond donors (Lipinski definition) is 14. The van der Waals surface area contributed by atoms with Gasteiger partial charge in [-0.2, -0.15) is 97.9 Å². The van der Waals surface area contributed by atoms with E-state index in [0.717, 1.165) is 30.2 Å². The van der Waals surface area contributed by atoms with Gasteiger partial charge in [0, 0.05) is 203 Å². The number of carbonyl (C=O) groups is 3. The number of amides is 3. The molecule has 0 aliphatic carbocycles. The molecule has 20 atom stereocenters. The highest BCUT2D eigenvalue weighted by Gasteiger charge is 2.42. The highest BCUT2D eigenvalue weighted by molar-refractivity contribution is 8.11. The standard InChI is InChI=1S/C16H35N3O4S.C15H34N3O4PS.C15H33N3O4S.C11H28N3O3PS.C11H27N3O3S.C6H14ClNO2S.C5H15N2OP.C4H10NOP/c1-9-12(3)15(21)17-13(4)14(20)11-18(7)24(22,23)19(8)16(5,6)10-2;1-8-15(4,5)18(7)24(21,22)17(6)9-13(19)12(3)16-14(20)11(2)10-23;1-9-15(5,6)18(8)23(21,22)17(7)10-13(19)12(4)16-14(20)11(2)3;1-7-11(3,4)14(6)19(16,17)13(5)8-10(15)9(2)12-18;1-7-11(3,4)14(6)18(16,17)13(5)8-10(15)9(2)12;1-5-6(2,3)8(4)11(7,9)10;1-4(7-9)5(8)3-6-2;1-3(5-7)4-2-6-4/h12-14,20H,9-11H2,1-8H3,(H,17,21);11-13,19H,8-10,23H2,1-7H3,(H,16,20);11-13,19H,9-10H2,1-8H3,(H,16,20);9-10,12,15H,7-8,18H2,1-6H3;9-10,15H,7-8,12H2,1-6H3;5H2,1-4H3;4-8H,3,9H2,1-2H3;3-5H,2,7H2,1H3/t12?,13-,14?;11?,12-,13?;12-,13?;2*9-,10?;;4-,5?;3-,4?/m00000.00/s1. The normalized spacial score (nSPS) is 17.4. The average Bonchev–Trinajstić information content (AvgIpc) is 1.64. The van der Waals surface area contributed by atoms with Crippen LogP contribution in [0.5, 0.6) is 0 Å². The van der Waals surface area contributed by atoms with Crippen molar-refractivity contribution >= 4 is 126 Å². The lowest BCUT2D eigenvalue weighted by Crippen LogP contribution is -2.53. The summed E-state index contributed by atoms with van der Waals surface area (Å²) in [5.74, 6) is -0.987. The van der Waals surface area contributed by atoms with E-state index in [2.05, 4.69) is 80.9 Å². The smallest absolute Gasteiger partial charge is 0.300 e. The topological polar surface area (TPSA) is 536 Å². The molecular weight excluding hydrogens is 1970 g/mol. The van der Waals surface area contributed by atoms with Crippen LogP contribution in [-0.2, 0) is 79.4 Å². The Morgan fingerprint density at radius 3 is 0.763 bits per heavy atom. The first-order valence-electron chi connectivity index (χ1n) is 45.9. The number of epoxide rings is 1. The van der Waals surface area contributed by atoms with Gasteiger partial charge in [0.15, 0.2) is 0 Å². The molecule has 1 rings (SSSR count). The van der Waals surface area contributed by atoms with Crippen molar-refractivity contribution in [3.63, 3.8) is 0 Å². The maximum Gasteiger partial charge on any atom is 0.300 e. The molecule has 0 spiro atoms. The second kappa shape index (κ2) is 66.4. The molecule has 135 heavy (non-hydrogen) atoms. The largest absolute Gasteiger partial charge is 0.390 e. The second-order valence-electron chi connectivity index (χ2n) is 38.7. The highest BCUT2D eigenvalue weighted by Crippen LogP contribution is 2.29. The third-order valence-electron chi connectivity index (χ3n) is 25.7. The van der Waals surface area contributed by atoms with Crippen LogP contribution in [0.1, 0.15) is 253 Å². The van der Waals surface area contributed by atoms with Gasteiger partial charge in [-0.15, -0.1) is 9.24 Å². The summed E-state index contributed by atoms with van der Waals surface area (Å²) in [7, 11) is 11.2. The molecule has 13 unspecified atom stereocenters. The Morgan fingerprint density at radius 2 is 0.593 bits per heavy atom. The van der Waals surface area contributed by atoms with Gasteiger partial charge in [0.2, 0.25) is 17.7 Å². The van der Waals surface area contributed by atoms with Crippen molar-refractivity contribution < 1.29 is 100 Å². The van der Waals surface area contributed by atoms with E-state index >= 15 is 0 Å². The van der Waals surface area contributed by atoms with Crippen LogP contribution >= 0.6 is 48.1 Å². The van der Waals surface area contributed by atoms with Crippen molar-refractivity contribution in [1.82, 2.24) is 83.9 Å². The number of nitrogens with two attached hydrogens (primary N) is 1. The van der Waals surface area contributed by atoms with Crippen LogP contribution in [0.25, 0.3) is 0 Å². The molecule has 0 aromatic carbocycles. The van der Waals surface area contributed by atoms with E-state index in [0.29, 0.717) is 63.4 Å². The van der Waals surface area contributed by atoms with Crippen LogP contribution in [0.2, 0.25) is 0 Å². The molecule has 0 aromatic rings. The molecule has 1 aliphatic heterocycles. The molecule has 1 heterocycles. The van der Waals surface area contributed by atoms with Gasteiger partial charge in [-0.3, -0.25) is 29.6 Å². The lowest BCUT2D eigenvalue weighted by atomic mass is 10.0. The molecule has 52 heteroatoms. The van der Waals surface area contributed by atoms with E-state index in [9.17, 15) is 95.5 Å². The minimum Gasteiger partial charge on any atom is -0.390 e. The summed E-state index contributed by atoms with van der Waals surface area (Å²) >= 11 is 0. The number of aliphatic hydroxyl groups excluding tert-OH is 6. The van der Waals surface area contributed by atoms with Crippen LogP contribution in [0, 0.1) is 17.8 Å². The molecule has 818 valence electrons. The maximum absolute atomic E-state index is 12.6. The molecule has 15 N–H and O–H groups in total. The van der Waals surface area contributed by atoms with E-state index in [1.807, 2.05) is 152 Å². The van der Waals surface area contributed by atoms with Crippen molar-refractivity contribution in [3.05, 3.63) is 0 Å². The molecule has 3 amide bonds. The Balaban J connectivity index is -0.000000284. The fraction of sp³-hybridized carbons (Fsp3) is 0.964. The summed E-state index contributed by atoms with van der Waals surface area (Å²) in [6.45, 7) is 56.6. The fourth-order valence-electron chi connectivity index (χ4n) is 9.59. The third kappa shape index (κ3) is 53.4. The summed E-state index contributed by atoms with van der Waals surface area (Å²) in [6.07, 6.45) is 1.03. The second-order valence-corrected chi connectivity index (χ2v) is 53.1. The number of likely N-dealkylation sites (N-methyl/N-ethyl adjacent to an activating group) is 6. The maximum atomic E-state index is 12.6. The fourth-order valence-corrected chi connectivity index (χ4v) is 19.3.